The summed E-state index contributed by atoms with van der Waals surface area (Å²) in [7, 11) is 0. The maximum atomic E-state index is 11.8. The summed E-state index contributed by atoms with van der Waals surface area (Å²) in [5.74, 6) is -0.0637. The van der Waals surface area contributed by atoms with Gasteiger partial charge in [0.25, 0.3) is 5.91 Å². The number of nitrogens with one attached hydrogen (secondary N) is 2. The summed E-state index contributed by atoms with van der Waals surface area (Å²) in [5.41, 5.74) is 1.39. The number of hydrogen-bond acceptors (Lipinski definition) is 3. The number of unbranched alkanes of at least 4 members (excludes halogenated alkanes) is 2. The van der Waals surface area contributed by atoms with Gasteiger partial charge in [-0.05, 0) is 37.1 Å². The molecule has 5 nitrogen and oxygen atoms in total. The van der Waals surface area contributed by atoms with Crippen molar-refractivity contribution in [3.63, 3.8) is 0 Å². The molecule has 0 aliphatic heterocycles. The summed E-state index contributed by atoms with van der Waals surface area (Å²) < 4.78 is 0. The second kappa shape index (κ2) is 9.35. The van der Waals surface area contributed by atoms with Gasteiger partial charge < -0.3 is 10.6 Å². The molecule has 2 N–H and O–H groups in total. The normalized spacial score (nSPS) is 10.1. The summed E-state index contributed by atoms with van der Waals surface area (Å²) in [6, 6.07) is 12.7. The highest BCUT2D eigenvalue weighted by molar-refractivity contribution is 5.94. The molecule has 1 aromatic heterocycles. The molecular weight excluding hydrogens is 290 g/mol. The first-order valence-corrected chi connectivity index (χ1v) is 7.79. The monoisotopic (exact) mass is 311 g/mol. The molecule has 0 spiro atoms. The molecule has 0 aliphatic carbocycles. The van der Waals surface area contributed by atoms with Crippen LogP contribution in [-0.2, 0) is 4.79 Å². The van der Waals surface area contributed by atoms with Gasteiger partial charge >= 0.3 is 0 Å². The molecule has 0 bridgehead atoms. The molecule has 0 saturated heterocycles. The van der Waals surface area contributed by atoms with Crippen LogP contribution in [0.15, 0.2) is 54.9 Å². The van der Waals surface area contributed by atoms with Gasteiger partial charge in [0.15, 0.2) is 0 Å². The zero-order valence-corrected chi connectivity index (χ0v) is 13.0. The maximum absolute atomic E-state index is 11.8. The van der Waals surface area contributed by atoms with E-state index in [1.165, 1.54) is 0 Å². The lowest BCUT2D eigenvalue weighted by Gasteiger charge is -2.06. The van der Waals surface area contributed by atoms with E-state index >= 15 is 0 Å². The summed E-state index contributed by atoms with van der Waals surface area (Å²) >= 11 is 0. The average Bonchev–Trinajstić information content (AvgIpc) is 2.59. The highest BCUT2D eigenvalue weighted by Crippen LogP contribution is 2.06. The third-order valence-electron chi connectivity index (χ3n) is 3.35. The van der Waals surface area contributed by atoms with Gasteiger partial charge in [-0.3, -0.25) is 14.6 Å². The Morgan fingerprint density at radius 3 is 2.52 bits per heavy atom. The number of carbonyl (C=O) groups is 2. The van der Waals surface area contributed by atoms with E-state index in [-0.39, 0.29) is 11.8 Å². The van der Waals surface area contributed by atoms with Crippen molar-refractivity contribution >= 4 is 17.5 Å². The summed E-state index contributed by atoms with van der Waals surface area (Å²) in [6.07, 6.45) is 6.32. The third kappa shape index (κ3) is 6.30. The number of hydrogen-bond donors (Lipinski definition) is 2. The second-order valence-corrected chi connectivity index (χ2v) is 5.22. The van der Waals surface area contributed by atoms with Crippen molar-refractivity contribution in [2.24, 2.45) is 0 Å². The molecule has 0 unspecified atom stereocenters. The van der Waals surface area contributed by atoms with Crippen LogP contribution in [0.4, 0.5) is 5.69 Å². The number of nitrogens with zero attached hydrogens (tertiary/aromatic N) is 1. The second-order valence-electron chi connectivity index (χ2n) is 5.22. The Kier molecular flexibility index (Phi) is 6.78. The van der Waals surface area contributed by atoms with Gasteiger partial charge in [0.2, 0.25) is 5.91 Å². The first-order valence-electron chi connectivity index (χ1n) is 7.79. The fraction of sp³-hybridized carbons (Fsp3) is 0.278. The standard InChI is InChI=1S/C18H21N3O2/c22-17(21-16-10-7-12-19-14-16)11-5-2-6-13-20-18(23)15-8-3-1-4-9-15/h1,3-4,7-10,12,14H,2,5-6,11,13H2,(H,20,23)(H,21,22). The van der Waals surface area contributed by atoms with Crippen molar-refractivity contribution < 1.29 is 9.59 Å². The van der Waals surface area contributed by atoms with E-state index in [0.717, 1.165) is 19.3 Å². The summed E-state index contributed by atoms with van der Waals surface area (Å²) in [6.45, 7) is 0.623. The van der Waals surface area contributed by atoms with Crippen molar-refractivity contribution in [1.29, 1.82) is 0 Å². The third-order valence-corrected chi connectivity index (χ3v) is 3.35. The molecule has 1 heterocycles. The van der Waals surface area contributed by atoms with Crippen LogP contribution in [0.5, 0.6) is 0 Å². The number of anilines is 1. The fourth-order valence-corrected chi connectivity index (χ4v) is 2.14. The highest BCUT2D eigenvalue weighted by Gasteiger charge is 2.04. The highest BCUT2D eigenvalue weighted by atomic mass is 16.2. The molecule has 0 radical (unpaired) electrons. The number of aromatic nitrogens is 1. The number of rotatable bonds is 8. The first kappa shape index (κ1) is 16.7. The van der Waals surface area contributed by atoms with Gasteiger partial charge in [0.1, 0.15) is 0 Å². The van der Waals surface area contributed by atoms with E-state index in [0.29, 0.717) is 24.2 Å². The largest absolute Gasteiger partial charge is 0.352 e. The topological polar surface area (TPSA) is 71.1 Å². The van der Waals surface area contributed by atoms with Gasteiger partial charge in [-0.25, -0.2) is 0 Å². The van der Waals surface area contributed by atoms with Crippen LogP contribution >= 0.6 is 0 Å². The smallest absolute Gasteiger partial charge is 0.251 e. The van der Waals surface area contributed by atoms with Gasteiger partial charge in [0, 0.05) is 24.7 Å². The van der Waals surface area contributed by atoms with Crippen molar-refractivity contribution in [1.82, 2.24) is 10.3 Å². The fourth-order valence-electron chi connectivity index (χ4n) is 2.14. The van der Waals surface area contributed by atoms with E-state index in [2.05, 4.69) is 15.6 Å². The van der Waals surface area contributed by atoms with Crippen LogP contribution in [0, 0.1) is 0 Å². The van der Waals surface area contributed by atoms with Gasteiger partial charge in [-0.2, -0.15) is 0 Å². The Labute approximate surface area is 136 Å². The van der Waals surface area contributed by atoms with Crippen LogP contribution in [0.1, 0.15) is 36.0 Å². The van der Waals surface area contributed by atoms with Crippen LogP contribution in [-0.4, -0.2) is 23.3 Å². The minimum Gasteiger partial charge on any atom is -0.352 e. The lowest BCUT2D eigenvalue weighted by Crippen LogP contribution is -2.24. The molecule has 5 heteroatoms. The molecule has 2 rings (SSSR count). The zero-order chi connectivity index (χ0) is 16.3. The molecule has 2 amide bonds. The zero-order valence-electron chi connectivity index (χ0n) is 13.0. The van der Waals surface area contributed by atoms with Crippen LogP contribution < -0.4 is 10.6 Å². The van der Waals surface area contributed by atoms with Crippen molar-refractivity contribution in [3.05, 3.63) is 60.4 Å². The van der Waals surface area contributed by atoms with E-state index in [1.807, 2.05) is 24.3 Å². The van der Waals surface area contributed by atoms with Gasteiger partial charge in [0.05, 0.1) is 11.9 Å². The summed E-state index contributed by atoms with van der Waals surface area (Å²) in [4.78, 5) is 27.5. The van der Waals surface area contributed by atoms with Gasteiger partial charge in [-0.15, -0.1) is 0 Å². The minimum atomic E-state index is -0.0556. The molecule has 1 aromatic carbocycles. The Bertz CT molecular complexity index is 615. The molecule has 0 atom stereocenters. The summed E-state index contributed by atoms with van der Waals surface area (Å²) in [5, 5.41) is 5.68. The number of pyridine rings is 1. The molecular formula is C18H21N3O2. The lowest BCUT2D eigenvalue weighted by atomic mass is 10.1. The molecule has 23 heavy (non-hydrogen) atoms. The Hall–Kier alpha value is -2.69. The van der Waals surface area contributed by atoms with Crippen LogP contribution in [0.25, 0.3) is 0 Å². The van der Waals surface area contributed by atoms with E-state index in [4.69, 9.17) is 0 Å². The van der Waals surface area contributed by atoms with Crippen LogP contribution in [0.3, 0.4) is 0 Å². The van der Waals surface area contributed by atoms with Crippen molar-refractivity contribution in [2.45, 2.75) is 25.7 Å². The molecule has 2 aromatic rings. The van der Waals surface area contributed by atoms with E-state index < -0.39 is 0 Å². The molecule has 120 valence electrons. The predicted octanol–water partition coefficient (Wildman–Crippen LogP) is 3.01. The first-order chi connectivity index (χ1) is 11.3. The van der Waals surface area contributed by atoms with Crippen molar-refractivity contribution in [3.8, 4) is 0 Å². The lowest BCUT2D eigenvalue weighted by molar-refractivity contribution is -0.116. The van der Waals surface area contributed by atoms with Crippen molar-refractivity contribution in [2.75, 3.05) is 11.9 Å². The number of amides is 2. The maximum Gasteiger partial charge on any atom is 0.251 e. The molecule has 0 aliphatic rings. The number of benzene rings is 1. The number of carbonyl (C=O) groups excluding carboxylic acids is 2. The van der Waals surface area contributed by atoms with E-state index in [1.54, 1.807) is 30.6 Å². The average molecular weight is 311 g/mol. The van der Waals surface area contributed by atoms with Gasteiger partial charge in [-0.1, -0.05) is 24.6 Å². The molecule has 0 fully saturated rings. The quantitative estimate of drug-likeness (QED) is 0.736. The minimum absolute atomic E-state index is 0.00804. The Morgan fingerprint density at radius 2 is 1.78 bits per heavy atom. The van der Waals surface area contributed by atoms with E-state index in [9.17, 15) is 9.59 Å². The van der Waals surface area contributed by atoms with Crippen LogP contribution in [0.2, 0.25) is 0 Å². The SMILES string of the molecule is O=C(CCCCCNC(=O)c1ccccc1)Nc1cccnc1. The Morgan fingerprint density at radius 1 is 0.957 bits per heavy atom. The molecule has 0 saturated carbocycles. The Balaban J connectivity index is 1.54. The predicted molar refractivity (Wildman–Crippen MR) is 90.1 cm³/mol.